The Bertz CT molecular complexity index is 534. The van der Waals surface area contributed by atoms with Gasteiger partial charge < -0.3 is 5.73 Å². The zero-order chi connectivity index (χ0) is 12.6. The molecule has 102 valence electrons. The van der Waals surface area contributed by atoms with Gasteiger partial charge in [0.1, 0.15) is 0 Å². The summed E-state index contributed by atoms with van der Waals surface area (Å²) in [6, 6.07) is 4.75. The Morgan fingerprint density at radius 1 is 1.44 bits per heavy atom. The number of sulfonamides is 1. The summed E-state index contributed by atoms with van der Waals surface area (Å²) in [6.45, 7) is 2.63. The van der Waals surface area contributed by atoms with Crippen molar-refractivity contribution < 1.29 is 8.42 Å². The molecule has 0 aliphatic carbocycles. The number of aryl methyl sites for hydroxylation is 1. The molecule has 0 spiro atoms. The predicted molar refractivity (Wildman–Crippen MR) is 74.8 cm³/mol. The highest BCUT2D eigenvalue weighted by molar-refractivity contribution is 7.89. The maximum absolute atomic E-state index is 12.3. The highest BCUT2D eigenvalue weighted by Crippen LogP contribution is 2.25. The van der Waals surface area contributed by atoms with E-state index in [1.165, 1.54) is 4.31 Å². The van der Waals surface area contributed by atoms with Gasteiger partial charge in [-0.25, -0.2) is 8.42 Å². The maximum atomic E-state index is 12.3. The van der Waals surface area contributed by atoms with Crippen LogP contribution in [0.4, 0.5) is 0 Å². The lowest BCUT2D eigenvalue weighted by molar-refractivity contribution is 0.472. The molecule has 1 aliphatic heterocycles. The molecule has 0 saturated carbocycles. The third-order valence-corrected chi connectivity index (χ3v) is 5.20. The lowest BCUT2D eigenvalue weighted by atomic mass is 10.2. The van der Waals surface area contributed by atoms with Crippen LogP contribution in [0.3, 0.4) is 0 Å². The Hall–Kier alpha value is -0.330. The molecule has 1 atom stereocenters. The summed E-state index contributed by atoms with van der Waals surface area (Å²) in [5.74, 6) is 0. The molecule has 0 aromatic heterocycles. The van der Waals surface area contributed by atoms with Crippen molar-refractivity contribution in [2.24, 2.45) is 5.73 Å². The quantitative estimate of drug-likeness (QED) is 0.906. The molecule has 2 rings (SSSR count). The van der Waals surface area contributed by atoms with Crippen LogP contribution in [0.1, 0.15) is 12.0 Å². The van der Waals surface area contributed by atoms with E-state index in [1.807, 2.05) is 0 Å². The van der Waals surface area contributed by atoms with Crippen molar-refractivity contribution in [1.29, 1.82) is 0 Å². The second kappa shape index (κ2) is 5.75. The van der Waals surface area contributed by atoms with Gasteiger partial charge >= 0.3 is 0 Å². The maximum Gasteiger partial charge on any atom is 0.243 e. The third kappa shape index (κ3) is 2.97. The SMILES string of the molecule is Cc1cc(Cl)ccc1S(=O)(=O)N1CC[C@H](N)C1.Cl. The van der Waals surface area contributed by atoms with Crippen molar-refractivity contribution in [2.45, 2.75) is 24.3 Å². The van der Waals surface area contributed by atoms with Gasteiger partial charge in [0.15, 0.2) is 0 Å². The van der Waals surface area contributed by atoms with Crippen LogP contribution < -0.4 is 5.73 Å². The Morgan fingerprint density at radius 2 is 2.11 bits per heavy atom. The second-order valence-corrected chi connectivity index (χ2v) is 6.66. The molecular weight excluding hydrogens is 295 g/mol. The molecule has 1 saturated heterocycles. The van der Waals surface area contributed by atoms with Crippen molar-refractivity contribution in [3.63, 3.8) is 0 Å². The number of nitrogens with zero attached hydrogens (tertiary/aromatic N) is 1. The molecule has 0 bridgehead atoms. The number of nitrogens with two attached hydrogens (primary N) is 1. The minimum absolute atomic E-state index is 0. The predicted octanol–water partition coefficient (Wildman–Crippen LogP) is 1.79. The number of hydrogen-bond donors (Lipinski definition) is 1. The highest BCUT2D eigenvalue weighted by Gasteiger charge is 2.31. The van der Waals surface area contributed by atoms with E-state index in [-0.39, 0.29) is 18.4 Å². The Morgan fingerprint density at radius 3 is 2.61 bits per heavy atom. The van der Waals surface area contributed by atoms with E-state index in [0.717, 1.165) is 0 Å². The van der Waals surface area contributed by atoms with Gasteiger partial charge in [-0.3, -0.25) is 0 Å². The van der Waals surface area contributed by atoms with Gasteiger partial charge in [0.05, 0.1) is 4.90 Å². The zero-order valence-corrected chi connectivity index (χ0v) is 12.4. The van der Waals surface area contributed by atoms with Crippen LogP contribution in [0.15, 0.2) is 23.1 Å². The molecule has 18 heavy (non-hydrogen) atoms. The van der Waals surface area contributed by atoms with Gasteiger partial charge in [-0.15, -0.1) is 12.4 Å². The first kappa shape index (κ1) is 15.7. The lowest BCUT2D eigenvalue weighted by Gasteiger charge is -2.17. The standard InChI is InChI=1S/C11H15ClN2O2S.ClH/c1-8-6-9(12)2-3-11(8)17(15,16)14-5-4-10(13)7-14;/h2-3,6,10H,4-5,7,13H2,1H3;1H/t10-;/m0./s1. The molecule has 0 amide bonds. The summed E-state index contributed by atoms with van der Waals surface area (Å²) in [6.07, 6.45) is 0.714. The molecule has 7 heteroatoms. The molecule has 0 unspecified atom stereocenters. The van der Waals surface area contributed by atoms with Crippen LogP contribution in [-0.2, 0) is 10.0 Å². The Labute approximate surface area is 119 Å². The van der Waals surface area contributed by atoms with Crippen molar-refractivity contribution in [3.8, 4) is 0 Å². The molecular formula is C11H16Cl2N2O2S. The van der Waals surface area contributed by atoms with Crippen molar-refractivity contribution in [3.05, 3.63) is 28.8 Å². The van der Waals surface area contributed by atoms with Gasteiger partial charge in [0, 0.05) is 24.2 Å². The number of benzene rings is 1. The van der Waals surface area contributed by atoms with E-state index < -0.39 is 10.0 Å². The fraction of sp³-hybridized carbons (Fsp3) is 0.455. The van der Waals surface area contributed by atoms with Crippen LogP contribution in [0, 0.1) is 6.92 Å². The lowest BCUT2D eigenvalue weighted by Crippen LogP contribution is -2.32. The molecule has 4 nitrogen and oxygen atoms in total. The first-order chi connectivity index (χ1) is 7.91. The van der Waals surface area contributed by atoms with Crippen LogP contribution in [0.2, 0.25) is 5.02 Å². The second-order valence-electron chi connectivity index (χ2n) is 4.32. The fourth-order valence-electron chi connectivity index (χ4n) is 2.01. The summed E-state index contributed by atoms with van der Waals surface area (Å²) in [5, 5.41) is 0.541. The average Bonchev–Trinajstić information content (AvgIpc) is 2.64. The first-order valence-electron chi connectivity index (χ1n) is 5.43. The van der Waals surface area contributed by atoms with Crippen molar-refractivity contribution in [1.82, 2.24) is 4.31 Å². The fourth-order valence-corrected chi connectivity index (χ4v) is 3.96. The average molecular weight is 311 g/mol. The summed E-state index contributed by atoms with van der Waals surface area (Å²) < 4.78 is 26.1. The summed E-state index contributed by atoms with van der Waals surface area (Å²) in [4.78, 5) is 0.316. The monoisotopic (exact) mass is 310 g/mol. The van der Waals surface area contributed by atoms with Crippen LogP contribution in [0.5, 0.6) is 0 Å². The summed E-state index contributed by atoms with van der Waals surface area (Å²) >= 11 is 5.82. The normalized spacial score (nSPS) is 20.7. The van der Waals surface area contributed by atoms with E-state index in [9.17, 15) is 8.42 Å². The van der Waals surface area contributed by atoms with E-state index in [1.54, 1.807) is 25.1 Å². The minimum Gasteiger partial charge on any atom is -0.326 e. The van der Waals surface area contributed by atoms with E-state index >= 15 is 0 Å². The molecule has 0 radical (unpaired) electrons. The van der Waals surface area contributed by atoms with Crippen molar-refractivity contribution >= 4 is 34.0 Å². The largest absolute Gasteiger partial charge is 0.326 e. The number of hydrogen-bond acceptors (Lipinski definition) is 3. The van der Waals surface area contributed by atoms with Crippen LogP contribution in [-0.4, -0.2) is 31.9 Å². The summed E-state index contributed by atoms with van der Waals surface area (Å²) in [7, 11) is -3.42. The molecule has 2 N–H and O–H groups in total. The van der Waals surface area contributed by atoms with Gasteiger partial charge in [-0.2, -0.15) is 4.31 Å². The van der Waals surface area contributed by atoms with Crippen LogP contribution >= 0.6 is 24.0 Å². The highest BCUT2D eigenvalue weighted by atomic mass is 35.5. The number of rotatable bonds is 2. The van der Waals surface area contributed by atoms with E-state index in [2.05, 4.69) is 0 Å². The summed E-state index contributed by atoms with van der Waals surface area (Å²) in [5.41, 5.74) is 6.40. The van der Waals surface area contributed by atoms with Crippen molar-refractivity contribution in [2.75, 3.05) is 13.1 Å². The third-order valence-electron chi connectivity index (χ3n) is 2.94. The number of halogens is 2. The van der Waals surface area contributed by atoms with Gasteiger partial charge in [-0.1, -0.05) is 11.6 Å². The topological polar surface area (TPSA) is 63.4 Å². The first-order valence-corrected chi connectivity index (χ1v) is 7.25. The van der Waals surface area contributed by atoms with E-state index in [4.69, 9.17) is 17.3 Å². The van der Waals surface area contributed by atoms with Gasteiger partial charge in [-0.05, 0) is 37.1 Å². The molecule has 1 fully saturated rings. The Kier molecular flexibility index (Phi) is 5.03. The van der Waals surface area contributed by atoms with E-state index in [0.29, 0.717) is 35.0 Å². The molecule has 1 aromatic carbocycles. The minimum atomic E-state index is -3.42. The Balaban J connectivity index is 0.00000162. The van der Waals surface area contributed by atoms with Gasteiger partial charge in [0.25, 0.3) is 0 Å². The van der Waals surface area contributed by atoms with Gasteiger partial charge in [0.2, 0.25) is 10.0 Å². The zero-order valence-electron chi connectivity index (χ0n) is 9.97. The smallest absolute Gasteiger partial charge is 0.243 e. The molecule has 1 aromatic rings. The van der Waals surface area contributed by atoms with Crippen LogP contribution in [0.25, 0.3) is 0 Å². The molecule has 1 heterocycles. The molecule has 1 aliphatic rings.